The Labute approximate surface area is 352 Å². The molecule has 16 nitrogen and oxygen atoms in total. The lowest BCUT2D eigenvalue weighted by atomic mass is 9.44. The van der Waals surface area contributed by atoms with Crippen LogP contribution in [0.3, 0.4) is 0 Å². The Balaban J connectivity index is 1.12. The van der Waals surface area contributed by atoms with E-state index in [2.05, 4.69) is 27.7 Å². The Morgan fingerprint density at radius 1 is 0.800 bits per heavy atom. The second-order valence-electron chi connectivity index (χ2n) is 21.6. The second kappa shape index (κ2) is 15.3. The summed E-state index contributed by atoms with van der Waals surface area (Å²) in [6, 6.07) is 0. The molecule has 7 N–H and O–H groups in total. The van der Waals surface area contributed by atoms with Gasteiger partial charge < -0.3 is 68.9 Å². The summed E-state index contributed by atoms with van der Waals surface area (Å²) in [4.78, 5) is 24.1. The van der Waals surface area contributed by atoms with Gasteiger partial charge >= 0.3 is 11.9 Å². The minimum Gasteiger partial charge on any atom is -0.457 e. The maximum absolute atomic E-state index is 12.3. The van der Waals surface area contributed by atoms with E-state index >= 15 is 0 Å². The van der Waals surface area contributed by atoms with Crippen LogP contribution in [0.1, 0.15) is 113 Å². The van der Waals surface area contributed by atoms with Crippen molar-refractivity contribution < 1.29 is 78.5 Å². The Hall–Kier alpha value is -1.54. The van der Waals surface area contributed by atoms with Crippen LogP contribution in [0, 0.1) is 45.3 Å². The molecule has 60 heavy (non-hydrogen) atoms. The van der Waals surface area contributed by atoms with Crippen LogP contribution in [0.4, 0.5) is 0 Å². The molecule has 0 aromatic rings. The number of aliphatic hydroxyl groups excluding tert-OH is 6. The number of carbonyl (C=O) groups is 2. The monoisotopic (exact) mass is 854 g/mol. The Kier molecular flexibility index (Phi) is 11.5. The van der Waals surface area contributed by atoms with Crippen LogP contribution in [0.25, 0.3) is 0 Å². The molecule has 8 rings (SSSR count). The van der Waals surface area contributed by atoms with Crippen LogP contribution in [0.15, 0.2) is 0 Å². The van der Waals surface area contributed by atoms with Crippen molar-refractivity contribution >= 4 is 11.9 Å². The van der Waals surface area contributed by atoms with Crippen molar-refractivity contribution in [2.75, 3.05) is 13.2 Å². The fourth-order valence-electron chi connectivity index (χ4n) is 15.0. The van der Waals surface area contributed by atoms with Crippen molar-refractivity contribution in [2.24, 2.45) is 45.3 Å². The van der Waals surface area contributed by atoms with Gasteiger partial charge in [0, 0.05) is 19.8 Å². The number of hydrogen-bond acceptors (Lipinski definition) is 16. The molecule has 3 saturated heterocycles. The van der Waals surface area contributed by atoms with Gasteiger partial charge in [-0.1, -0.05) is 20.8 Å². The van der Waals surface area contributed by atoms with E-state index in [1.165, 1.54) is 13.8 Å². The maximum atomic E-state index is 12.3. The summed E-state index contributed by atoms with van der Waals surface area (Å²) in [7, 11) is 0. The number of carbonyl (C=O) groups excluding carboxylic acids is 2. The first-order valence-corrected chi connectivity index (χ1v) is 22.3. The molecule has 5 saturated carbocycles. The van der Waals surface area contributed by atoms with E-state index in [4.69, 9.17) is 33.2 Å². The van der Waals surface area contributed by atoms with Crippen molar-refractivity contribution in [3.8, 4) is 0 Å². The topological polar surface area (TPSA) is 240 Å². The van der Waals surface area contributed by atoms with Crippen molar-refractivity contribution in [1.29, 1.82) is 0 Å². The molecule has 8 aliphatic rings. The summed E-state index contributed by atoms with van der Waals surface area (Å²) in [6.07, 6.45) is -7.55. The highest BCUT2D eigenvalue weighted by molar-refractivity contribution is 5.67. The molecule has 0 bridgehead atoms. The van der Waals surface area contributed by atoms with Gasteiger partial charge in [-0.3, -0.25) is 9.59 Å². The molecule has 21 unspecified atom stereocenters. The van der Waals surface area contributed by atoms with Gasteiger partial charge in [0.05, 0.1) is 48.8 Å². The summed E-state index contributed by atoms with van der Waals surface area (Å²) >= 11 is 0. The van der Waals surface area contributed by atoms with Gasteiger partial charge in [0.25, 0.3) is 0 Å². The zero-order valence-corrected chi connectivity index (χ0v) is 36.4. The molecule has 5 aliphatic carbocycles. The lowest BCUT2D eigenvalue weighted by Crippen LogP contribution is -2.64. The number of fused-ring (bicyclic) bond motifs is 2. The van der Waals surface area contributed by atoms with Crippen LogP contribution in [-0.4, -0.2) is 152 Å². The summed E-state index contributed by atoms with van der Waals surface area (Å²) in [5.74, 6) is -1.39. The minimum atomic E-state index is -1.62. The van der Waals surface area contributed by atoms with Crippen molar-refractivity contribution in [1.82, 2.24) is 0 Å². The van der Waals surface area contributed by atoms with Crippen LogP contribution in [-0.2, 0) is 42.7 Å². The van der Waals surface area contributed by atoms with Crippen LogP contribution < -0.4 is 0 Å². The van der Waals surface area contributed by atoms with Gasteiger partial charge in [-0.25, -0.2) is 0 Å². The molecule has 16 heteroatoms. The molecule has 8 fully saturated rings. The SMILES string of the molecule is CC(=O)OC1COC(OC2CCC34CC35CCC3C(C6(C)CCC(C(C)(C)O)O6)C(O)CC3(C)C5CC(OC3OC(CO)C(O)C(O)C3O)C4C2(C)C)C(OC(C)=O)C1O. The Morgan fingerprint density at radius 3 is 2.12 bits per heavy atom. The minimum absolute atomic E-state index is 0.0862. The fourth-order valence-corrected chi connectivity index (χ4v) is 15.0. The van der Waals surface area contributed by atoms with Gasteiger partial charge in [0.15, 0.2) is 24.8 Å². The molecule has 3 aliphatic heterocycles. The van der Waals surface area contributed by atoms with E-state index in [0.717, 1.165) is 32.1 Å². The van der Waals surface area contributed by atoms with E-state index in [1.54, 1.807) is 13.8 Å². The average Bonchev–Trinajstić information content (AvgIpc) is 3.44. The van der Waals surface area contributed by atoms with Crippen molar-refractivity contribution in [3.63, 3.8) is 0 Å². The molecule has 0 aromatic carbocycles. The summed E-state index contributed by atoms with van der Waals surface area (Å²) in [5, 5.41) is 77.2. The zero-order chi connectivity index (χ0) is 43.7. The predicted octanol–water partition coefficient (Wildman–Crippen LogP) is 1.48. The first kappa shape index (κ1) is 45.0. The van der Waals surface area contributed by atoms with Gasteiger partial charge in [-0.05, 0) is 118 Å². The Morgan fingerprint density at radius 2 is 1.48 bits per heavy atom. The van der Waals surface area contributed by atoms with Crippen molar-refractivity contribution in [2.45, 2.75) is 204 Å². The summed E-state index contributed by atoms with van der Waals surface area (Å²) < 4.78 is 43.3. The number of esters is 2. The lowest BCUT2D eigenvalue weighted by Gasteiger charge is -2.63. The van der Waals surface area contributed by atoms with E-state index in [9.17, 15) is 45.3 Å². The molecule has 3 heterocycles. The first-order chi connectivity index (χ1) is 27.9. The quantitative estimate of drug-likeness (QED) is 0.128. The van der Waals surface area contributed by atoms with Gasteiger partial charge in [0.2, 0.25) is 0 Å². The smallest absolute Gasteiger partial charge is 0.303 e. The average molecular weight is 855 g/mol. The molecule has 21 atom stereocenters. The zero-order valence-electron chi connectivity index (χ0n) is 36.4. The maximum Gasteiger partial charge on any atom is 0.303 e. The number of aliphatic hydroxyl groups is 7. The highest BCUT2D eigenvalue weighted by Gasteiger charge is 2.84. The molecular formula is C44H70O16. The number of rotatable bonds is 9. The largest absolute Gasteiger partial charge is 0.457 e. The van der Waals surface area contributed by atoms with E-state index in [0.29, 0.717) is 25.7 Å². The molecule has 342 valence electrons. The molecule has 2 spiro atoms. The second-order valence-corrected chi connectivity index (χ2v) is 21.6. The van der Waals surface area contributed by atoms with E-state index in [-0.39, 0.29) is 52.6 Å². The van der Waals surface area contributed by atoms with E-state index < -0.39 is 109 Å². The normalized spacial score (nSPS) is 53.3. The highest BCUT2D eigenvalue weighted by Crippen LogP contribution is 2.88. The van der Waals surface area contributed by atoms with Gasteiger partial charge in [0.1, 0.15) is 30.5 Å². The number of hydrogen-bond donors (Lipinski definition) is 7. The third-order valence-corrected chi connectivity index (χ3v) is 17.4. The first-order valence-electron chi connectivity index (χ1n) is 22.3. The van der Waals surface area contributed by atoms with Crippen LogP contribution >= 0.6 is 0 Å². The fraction of sp³-hybridized carbons (Fsp3) is 0.955. The molecule has 0 aromatic heterocycles. The standard InChI is InChI=1S/C44H70O16/c1-20(46)55-26-18-54-38(35(32(26)50)56-21(2)47)59-28-11-14-44-19-43(44)13-9-22-30(42(8)12-10-29(60-42)40(5,6)53)23(48)16-41(22,7)27(43)15-24(36(44)39(28,3)4)57-37-34(52)33(51)31(49)25(17-45)58-37/h22-38,45,48-53H,9-19H2,1-8H3. The van der Waals surface area contributed by atoms with Crippen LogP contribution in [0.2, 0.25) is 0 Å². The molecule has 0 radical (unpaired) electrons. The lowest BCUT2D eigenvalue weighted by molar-refractivity contribution is -0.338. The molecule has 0 amide bonds. The highest BCUT2D eigenvalue weighted by atomic mass is 16.7. The van der Waals surface area contributed by atoms with Crippen LogP contribution in [0.5, 0.6) is 0 Å². The van der Waals surface area contributed by atoms with Gasteiger partial charge in [-0.15, -0.1) is 0 Å². The number of ether oxygens (including phenoxy) is 7. The third kappa shape index (κ3) is 6.92. The third-order valence-electron chi connectivity index (χ3n) is 17.4. The Bertz CT molecular complexity index is 1630. The van der Waals surface area contributed by atoms with Gasteiger partial charge in [-0.2, -0.15) is 0 Å². The summed E-state index contributed by atoms with van der Waals surface area (Å²) in [6.45, 7) is 13.9. The molecular weight excluding hydrogens is 784 g/mol. The summed E-state index contributed by atoms with van der Waals surface area (Å²) in [5.41, 5.74) is -2.93. The predicted molar refractivity (Wildman–Crippen MR) is 208 cm³/mol. The van der Waals surface area contributed by atoms with E-state index in [1.807, 2.05) is 0 Å². The van der Waals surface area contributed by atoms with Crippen molar-refractivity contribution in [3.05, 3.63) is 0 Å².